The molecule has 30 heavy (non-hydrogen) atoms. The van der Waals surface area contributed by atoms with Crippen molar-refractivity contribution in [3.05, 3.63) is 41.7 Å². The number of hydrogen-bond acceptors (Lipinski definition) is 6. The molecule has 0 aromatic carbocycles. The Hall–Kier alpha value is -2.72. The van der Waals surface area contributed by atoms with Gasteiger partial charge in [-0.25, -0.2) is 9.50 Å². The standard InChI is InChI=1S/C20H22F3N5O2/c1-11-7-16(14-4-3-13(8-24-14)12(2)20(21,22)23)28-17(11)9-25-19(27-28)26-15-5-6-30-10-18(15)29/h3-4,7-9,12,15,18,29H,5-6,10H2,1-2H3,(H,26,27)/t12-,15+,18+/m0/s1. The van der Waals surface area contributed by atoms with Crippen LogP contribution in [0.2, 0.25) is 0 Å². The summed E-state index contributed by atoms with van der Waals surface area (Å²) in [6.07, 6.45) is -1.43. The highest BCUT2D eigenvalue weighted by Crippen LogP contribution is 2.34. The van der Waals surface area contributed by atoms with E-state index in [1.54, 1.807) is 16.8 Å². The van der Waals surface area contributed by atoms with E-state index in [-0.39, 0.29) is 18.2 Å². The molecule has 1 fully saturated rings. The van der Waals surface area contributed by atoms with Crippen molar-refractivity contribution >= 4 is 11.5 Å². The number of pyridine rings is 1. The van der Waals surface area contributed by atoms with E-state index in [1.165, 1.54) is 12.3 Å². The van der Waals surface area contributed by atoms with E-state index < -0.39 is 18.2 Å². The van der Waals surface area contributed by atoms with E-state index in [4.69, 9.17) is 4.74 Å². The lowest BCUT2D eigenvalue weighted by Gasteiger charge is -2.28. The summed E-state index contributed by atoms with van der Waals surface area (Å²) in [5, 5.41) is 17.7. The zero-order valence-corrected chi connectivity index (χ0v) is 16.5. The maximum atomic E-state index is 13.0. The Morgan fingerprint density at radius 2 is 2.07 bits per heavy atom. The number of nitrogens with one attached hydrogen (secondary N) is 1. The fourth-order valence-corrected chi connectivity index (χ4v) is 3.45. The molecular weight excluding hydrogens is 399 g/mol. The van der Waals surface area contributed by atoms with E-state index in [2.05, 4.69) is 20.4 Å². The molecule has 0 saturated carbocycles. The second-order valence-corrected chi connectivity index (χ2v) is 7.51. The molecule has 4 heterocycles. The molecule has 1 aliphatic heterocycles. The highest BCUT2D eigenvalue weighted by atomic mass is 19.4. The van der Waals surface area contributed by atoms with Gasteiger partial charge < -0.3 is 15.2 Å². The Labute approximate surface area is 170 Å². The molecule has 0 radical (unpaired) electrons. The van der Waals surface area contributed by atoms with Crippen molar-refractivity contribution in [2.45, 2.75) is 44.5 Å². The van der Waals surface area contributed by atoms with Crippen molar-refractivity contribution in [2.24, 2.45) is 0 Å². The topological polar surface area (TPSA) is 84.6 Å². The van der Waals surface area contributed by atoms with Crippen molar-refractivity contribution in [3.63, 3.8) is 0 Å². The van der Waals surface area contributed by atoms with Gasteiger partial charge in [0.15, 0.2) is 0 Å². The van der Waals surface area contributed by atoms with Gasteiger partial charge in [0, 0.05) is 12.8 Å². The van der Waals surface area contributed by atoms with Gasteiger partial charge >= 0.3 is 6.18 Å². The Kier molecular flexibility index (Phi) is 5.37. The average Bonchev–Trinajstić information content (AvgIpc) is 3.04. The Morgan fingerprint density at radius 1 is 1.27 bits per heavy atom. The van der Waals surface area contributed by atoms with Crippen LogP contribution < -0.4 is 5.32 Å². The lowest BCUT2D eigenvalue weighted by atomic mass is 10.0. The SMILES string of the molecule is Cc1cc(-c2ccc([C@H](C)C(F)(F)F)cn2)n2nc(N[C@@H]3CCOC[C@H]3O)ncc12. The van der Waals surface area contributed by atoms with Crippen LogP contribution in [0.5, 0.6) is 0 Å². The molecule has 4 rings (SSSR count). The predicted octanol–water partition coefficient (Wildman–Crippen LogP) is 3.33. The zero-order valence-electron chi connectivity index (χ0n) is 16.5. The first-order valence-electron chi connectivity index (χ1n) is 9.65. The smallest absolute Gasteiger partial charge is 0.389 e. The number of anilines is 1. The van der Waals surface area contributed by atoms with Gasteiger partial charge in [-0.2, -0.15) is 13.2 Å². The van der Waals surface area contributed by atoms with E-state index in [0.29, 0.717) is 30.4 Å². The number of rotatable bonds is 4. The number of hydrogen-bond donors (Lipinski definition) is 2. The number of ether oxygens (including phenoxy) is 1. The van der Waals surface area contributed by atoms with Gasteiger partial charge in [0.25, 0.3) is 0 Å². The number of nitrogens with zero attached hydrogens (tertiary/aromatic N) is 4. The molecule has 1 aliphatic rings. The largest absolute Gasteiger partial charge is 0.395 e. The van der Waals surface area contributed by atoms with Crippen molar-refractivity contribution in [2.75, 3.05) is 18.5 Å². The third-order valence-corrected chi connectivity index (χ3v) is 5.40. The lowest BCUT2D eigenvalue weighted by molar-refractivity contribution is -0.146. The second-order valence-electron chi connectivity index (χ2n) is 7.51. The first-order chi connectivity index (χ1) is 14.2. The molecule has 0 bridgehead atoms. The molecule has 2 N–H and O–H groups in total. The van der Waals surface area contributed by atoms with Crippen LogP contribution >= 0.6 is 0 Å². The van der Waals surface area contributed by atoms with Crippen molar-refractivity contribution < 1.29 is 23.0 Å². The van der Waals surface area contributed by atoms with Crippen LogP contribution in [0.15, 0.2) is 30.6 Å². The van der Waals surface area contributed by atoms with Gasteiger partial charge in [-0.3, -0.25) is 4.98 Å². The Bertz CT molecular complexity index is 1040. The molecule has 0 aliphatic carbocycles. The molecule has 3 aromatic rings. The molecule has 1 saturated heterocycles. The molecule has 3 aromatic heterocycles. The summed E-state index contributed by atoms with van der Waals surface area (Å²) in [6, 6.07) is 4.65. The van der Waals surface area contributed by atoms with E-state index in [0.717, 1.165) is 18.0 Å². The quantitative estimate of drug-likeness (QED) is 0.672. The van der Waals surface area contributed by atoms with Gasteiger partial charge in [0.1, 0.15) is 0 Å². The van der Waals surface area contributed by atoms with Gasteiger partial charge in [-0.15, -0.1) is 5.10 Å². The summed E-state index contributed by atoms with van der Waals surface area (Å²) in [7, 11) is 0. The number of aliphatic hydroxyl groups is 1. The number of alkyl halides is 3. The summed E-state index contributed by atoms with van der Waals surface area (Å²) < 4.78 is 45.8. The van der Waals surface area contributed by atoms with Gasteiger partial charge in [-0.05, 0) is 43.5 Å². The molecule has 7 nitrogen and oxygen atoms in total. The third-order valence-electron chi connectivity index (χ3n) is 5.40. The Morgan fingerprint density at radius 3 is 2.73 bits per heavy atom. The minimum atomic E-state index is -4.32. The monoisotopic (exact) mass is 421 g/mol. The van der Waals surface area contributed by atoms with Gasteiger partial charge in [0.2, 0.25) is 5.95 Å². The summed E-state index contributed by atoms with van der Waals surface area (Å²) in [5.41, 5.74) is 2.93. The number of aryl methyl sites for hydroxylation is 1. The zero-order chi connectivity index (χ0) is 21.5. The van der Waals surface area contributed by atoms with E-state index >= 15 is 0 Å². The van der Waals surface area contributed by atoms with Crippen LogP contribution in [0.4, 0.5) is 19.1 Å². The molecule has 0 amide bonds. The van der Waals surface area contributed by atoms with Crippen LogP contribution in [-0.2, 0) is 4.74 Å². The summed E-state index contributed by atoms with van der Waals surface area (Å²) in [6.45, 7) is 3.80. The number of fused-ring (bicyclic) bond motifs is 1. The van der Waals surface area contributed by atoms with Crippen molar-refractivity contribution in [3.8, 4) is 11.4 Å². The minimum Gasteiger partial charge on any atom is -0.389 e. The van der Waals surface area contributed by atoms with Gasteiger partial charge in [-0.1, -0.05) is 6.07 Å². The number of aromatic nitrogens is 4. The van der Waals surface area contributed by atoms with Crippen LogP contribution in [0.25, 0.3) is 16.9 Å². The van der Waals surface area contributed by atoms with Gasteiger partial charge in [0.05, 0.1) is 47.8 Å². The molecule has 0 unspecified atom stereocenters. The average molecular weight is 421 g/mol. The Balaban J connectivity index is 1.65. The van der Waals surface area contributed by atoms with Crippen LogP contribution in [0.3, 0.4) is 0 Å². The minimum absolute atomic E-state index is 0.106. The molecular formula is C20H22F3N5O2. The molecule has 160 valence electrons. The fourth-order valence-electron chi connectivity index (χ4n) is 3.45. The highest BCUT2D eigenvalue weighted by Gasteiger charge is 2.37. The molecule has 10 heteroatoms. The van der Waals surface area contributed by atoms with E-state index in [1.807, 2.05) is 13.0 Å². The predicted molar refractivity (Wildman–Crippen MR) is 104 cm³/mol. The van der Waals surface area contributed by atoms with Crippen LogP contribution in [-0.4, -0.2) is 56.2 Å². The maximum absolute atomic E-state index is 13.0. The van der Waals surface area contributed by atoms with Crippen LogP contribution in [0, 0.1) is 6.92 Å². The van der Waals surface area contributed by atoms with Crippen LogP contribution in [0.1, 0.15) is 30.4 Å². The van der Waals surface area contributed by atoms with Crippen molar-refractivity contribution in [1.82, 2.24) is 19.6 Å². The molecule has 0 spiro atoms. The second kappa shape index (κ2) is 7.84. The first kappa shape index (κ1) is 20.5. The fraction of sp³-hybridized carbons (Fsp3) is 0.450. The lowest BCUT2D eigenvalue weighted by Crippen LogP contribution is -2.42. The van der Waals surface area contributed by atoms with Crippen molar-refractivity contribution in [1.29, 1.82) is 0 Å². The number of aliphatic hydroxyl groups excluding tert-OH is 1. The molecule has 3 atom stereocenters. The normalized spacial score (nSPS) is 21.0. The first-order valence-corrected chi connectivity index (χ1v) is 9.65. The number of halogens is 3. The van der Waals surface area contributed by atoms with E-state index in [9.17, 15) is 18.3 Å². The third kappa shape index (κ3) is 3.97. The highest BCUT2D eigenvalue weighted by molar-refractivity contribution is 5.67. The summed E-state index contributed by atoms with van der Waals surface area (Å²) >= 11 is 0. The summed E-state index contributed by atoms with van der Waals surface area (Å²) in [5.74, 6) is -1.25. The maximum Gasteiger partial charge on any atom is 0.395 e. The summed E-state index contributed by atoms with van der Waals surface area (Å²) in [4.78, 5) is 8.57.